The molecular weight excluding hydrogens is 224 g/mol. The van der Waals surface area contributed by atoms with Crippen molar-refractivity contribution < 1.29 is 4.74 Å². The third-order valence-electron chi connectivity index (χ3n) is 5.04. The molecule has 4 unspecified atom stereocenters. The van der Waals surface area contributed by atoms with Crippen LogP contribution < -0.4 is 5.32 Å². The van der Waals surface area contributed by atoms with Crippen LogP contribution in [0, 0.1) is 5.92 Å². The second-order valence-electron chi connectivity index (χ2n) is 5.92. The molecule has 0 aromatic rings. The van der Waals surface area contributed by atoms with E-state index in [0.717, 1.165) is 31.7 Å². The molecule has 4 atom stereocenters. The van der Waals surface area contributed by atoms with Gasteiger partial charge in [0, 0.05) is 24.7 Å². The lowest BCUT2D eigenvalue weighted by molar-refractivity contribution is -0.0490. The van der Waals surface area contributed by atoms with Gasteiger partial charge < -0.3 is 10.1 Å². The summed E-state index contributed by atoms with van der Waals surface area (Å²) in [4.78, 5) is 2.74. The second kappa shape index (κ2) is 6.88. The molecule has 0 amide bonds. The summed E-state index contributed by atoms with van der Waals surface area (Å²) in [5.41, 5.74) is 0. The third kappa shape index (κ3) is 3.06. The van der Waals surface area contributed by atoms with Gasteiger partial charge in [0.2, 0.25) is 0 Å². The van der Waals surface area contributed by atoms with E-state index in [-0.39, 0.29) is 0 Å². The van der Waals surface area contributed by atoms with Gasteiger partial charge in [-0.25, -0.2) is 0 Å². The highest BCUT2D eigenvalue weighted by Crippen LogP contribution is 2.32. The van der Waals surface area contributed by atoms with Crippen LogP contribution in [0.1, 0.15) is 46.0 Å². The minimum Gasteiger partial charge on any atom is -0.378 e. The molecule has 18 heavy (non-hydrogen) atoms. The smallest absolute Gasteiger partial charge is 0.0622 e. The summed E-state index contributed by atoms with van der Waals surface area (Å²) in [7, 11) is 2.13. The minimum atomic E-state index is 0.634. The van der Waals surface area contributed by atoms with Crippen molar-refractivity contribution in [3.8, 4) is 0 Å². The molecule has 1 aliphatic carbocycles. The quantitative estimate of drug-likeness (QED) is 0.833. The van der Waals surface area contributed by atoms with Gasteiger partial charge >= 0.3 is 0 Å². The molecule has 3 heteroatoms. The topological polar surface area (TPSA) is 24.5 Å². The zero-order valence-corrected chi connectivity index (χ0v) is 12.3. The van der Waals surface area contributed by atoms with Crippen LogP contribution in [0.4, 0.5) is 0 Å². The fraction of sp³-hybridized carbons (Fsp3) is 1.00. The maximum Gasteiger partial charge on any atom is 0.0622 e. The standard InChI is InChI=1S/C15H30N2O/c1-4-12-6-7-14(16-3)15(10-12)17-8-9-18-11-13(17)5-2/h12-16H,4-11H2,1-3H3. The van der Waals surface area contributed by atoms with Crippen molar-refractivity contribution >= 4 is 0 Å². The lowest BCUT2D eigenvalue weighted by Crippen LogP contribution is -2.59. The van der Waals surface area contributed by atoms with Gasteiger partial charge in [-0.1, -0.05) is 20.3 Å². The molecule has 1 aliphatic heterocycles. The first kappa shape index (κ1) is 14.3. The van der Waals surface area contributed by atoms with Crippen molar-refractivity contribution in [3.05, 3.63) is 0 Å². The van der Waals surface area contributed by atoms with E-state index in [1.165, 1.54) is 32.1 Å². The van der Waals surface area contributed by atoms with Crippen LogP contribution in [-0.2, 0) is 4.74 Å². The number of rotatable bonds is 4. The van der Waals surface area contributed by atoms with E-state index in [1.807, 2.05) is 0 Å². The van der Waals surface area contributed by atoms with Gasteiger partial charge in [0.25, 0.3) is 0 Å². The highest BCUT2D eigenvalue weighted by Gasteiger charge is 2.36. The lowest BCUT2D eigenvalue weighted by atomic mass is 9.79. The second-order valence-corrected chi connectivity index (χ2v) is 5.92. The fourth-order valence-electron chi connectivity index (χ4n) is 3.76. The van der Waals surface area contributed by atoms with Crippen LogP contribution >= 0.6 is 0 Å². The van der Waals surface area contributed by atoms with Crippen LogP contribution in [0.15, 0.2) is 0 Å². The highest BCUT2D eigenvalue weighted by atomic mass is 16.5. The summed E-state index contributed by atoms with van der Waals surface area (Å²) in [5, 5.41) is 3.56. The number of morpholine rings is 1. The van der Waals surface area contributed by atoms with Crippen LogP contribution in [0.25, 0.3) is 0 Å². The fourth-order valence-corrected chi connectivity index (χ4v) is 3.76. The molecule has 0 aromatic carbocycles. The minimum absolute atomic E-state index is 0.634. The van der Waals surface area contributed by atoms with Crippen LogP contribution in [0.3, 0.4) is 0 Å². The largest absolute Gasteiger partial charge is 0.378 e. The molecule has 0 radical (unpaired) electrons. The number of hydrogen-bond acceptors (Lipinski definition) is 3. The van der Waals surface area contributed by atoms with Gasteiger partial charge in [-0.3, -0.25) is 4.90 Å². The molecule has 0 aromatic heterocycles. The monoisotopic (exact) mass is 254 g/mol. The Morgan fingerprint density at radius 1 is 1.22 bits per heavy atom. The molecule has 1 saturated carbocycles. The molecule has 3 nitrogen and oxygen atoms in total. The predicted molar refractivity (Wildman–Crippen MR) is 75.9 cm³/mol. The molecular formula is C15H30N2O. The Bertz CT molecular complexity index is 247. The molecule has 2 rings (SSSR count). The van der Waals surface area contributed by atoms with Crippen molar-refractivity contribution in [1.29, 1.82) is 0 Å². The third-order valence-corrected chi connectivity index (χ3v) is 5.04. The first-order valence-electron chi connectivity index (χ1n) is 7.80. The molecule has 2 aliphatic rings. The average Bonchev–Trinajstić information content (AvgIpc) is 2.46. The number of nitrogens with one attached hydrogen (secondary N) is 1. The Hall–Kier alpha value is -0.120. The number of ether oxygens (including phenoxy) is 1. The normalized spacial score (nSPS) is 38.8. The summed E-state index contributed by atoms with van der Waals surface area (Å²) < 4.78 is 5.65. The first-order chi connectivity index (χ1) is 8.80. The van der Waals surface area contributed by atoms with E-state index in [9.17, 15) is 0 Å². The molecule has 1 saturated heterocycles. The van der Waals surface area contributed by atoms with E-state index in [0.29, 0.717) is 12.1 Å². The van der Waals surface area contributed by atoms with Gasteiger partial charge in [0.15, 0.2) is 0 Å². The lowest BCUT2D eigenvalue weighted by Gasteiger charge is -2.47. The number of hydrogen-bond donors (Lipinski definition) is 1. The highest BCUT2D eigenvalue weighted by molar-refractivity contribution is 4.93. The number of nitrogens with zero attached hydrogens (tertiary/aromatic N) is 1. The van der Waals surface area contributed by atoms with Crippen LogP contribution in [-0.4, -0.2) is 49.8 Å². The van der Waals surface area contributed by atoms with E-state index in [4.69, 9.17) is 4.74 Å². The SMILES string of the molecule is CCC1CCC(NC)C(N2CCOCC2CC)C1. The van der Waals surface area contributed by atoms with Crippen molar-refractivity contribution in [1.82, 2.24) is 10.2 Å². The maximum absolute atomic E-state index is 5.65. The maximum atomic E-state index is 5.65. The molecule has 2 fully saturated rings. The van der Waals surface area contributed by atoms with Crippen molar-refractivity contribution in [2.24, 2.45) is 5.92 Å². The van der Waals surface area contributed by atoms with E-state index < -0.39 is 0 Å². The number of likely N-dealkylation sites (N-methyl/N-ethyl adjacent to an activating group) is 1. The van der Waals surface area contributed by atoms with Crippen molar-refractivity contribution in [2.45, 2.75) is 64.1 Å². The summed E-state index contributed by atoms with van der Waals surface area (Å²) in [6, 6.07) is 2.04. The Morgan fingerprint density at radius 3 is 2.72 bits per heavy atom. The predicted octanol–water partition coefficient (Wildman–Crippen LogP) is 2.26. The van der Waals surface area contributed by atoms with Crippen LogP contribution in [0.2, 0.25) is 0 Å². The first-order valence-corrected chi connectivity index (χ1v) is 7.80. The van der Waals surface area contributed by atoms with E-state index >= 15 is 0 Å². The van der Waals surface area contributed by atoms with Gasteiger partial charge in [-0.05, 0) is 38.6 Å². The van der Waals surface area contributed by atoms with Gasteiger partial charge in [-0.2, -0.15) is 0 Å². The molecule has 1 N–H and O–H groups in total. The van der Waals surface area contributed by atoms with E-state index in [2.05, 4.69) is 31.1 Å². The summed E-state index contributed by atoms with van der Waals surface area (Å²) in [6.45, 7) is 7.61. The van der Waals surface area contributed by atoms with Crippen LogP contribution in [0.5, 0.6) is 0 Å². The Kier molecular flexibility index (Phi) is 5.46. The Labute approximate surface area is 112 Å². The van der Waals surface area contributed by atoms with E-state index in [1.54, 1.807) is 0 Å². The zero-order chi connectivity index (χ0) is 13.0. The Morgan fingerprint density at radius 2 is 2.06 bits per heavy atom. The van der Waals surface area contributed by atoms with Crippen molar-refractivity contribution in [3.63, 3.8) is 0 Å². The molecule has 1 heterocycles. The Balaban J connectivity index is 2.05. The summed E-state index contributed by atoms with van der Waals surface area (Å²) in [5.74, 6) is 0.931. The summed E-state index contributed by atoms with van der Waals surface area (Å²) in [6.07, 6.45) is 6.67. The molecule has 106 valence electrons. The van der Waals surface area contributed by atoms with Gasteiger partial charge in [0.05, 0.1) is 13.2 Å². The molecule has 0 bridgehead atoms. The average molecular weight is 254 g/mol. The van der Waals surface area contributed by atoms with Gasteiger partial charge in [-0.15, -0.1) is 0 Å². The van der Waals surface area contributed by atoms with Crippen molar-refractivity contribution in [2.75, 3.05) is 26.8 Å². The summed E-state index contributed by atoms with van der Waals surface area (Å²) >= 11 is 0. The zero-order valence-electron chi connectivity index (χ0n) is 12.3. The van der Waals surface area contributed by atoms with Gasteiger partial charge in [0.1, 0.15) is 0 Å². The molecule has 0 spiro atoms.